The molecule has 0 fully saturated rings. The van der Waals surface area contributed by atoms with Gasteiger partial charge in [-0.2, -0.15) is 13.2 Å². The van der Waals surface area contributed by atoms with Crippen LogP contribution in [0.3, 0.4) is 0 Å². The van der Waals surface area contributed by atoms with E-state index in [2.05, 4.69) is 66.0 Å². The number of aromatic nitrogens is 2. The van der Waals surface area contributed by atoms with Crippen molar-refractivity contribution in [3.05, 3.63) is 84.7 Å². The molecule has 0 spiro atoms. The molecule has 0 aliphatic carbocycles. The second kappa shape index (κ2) is 14.3. The Morgan fingerprint density at radius 1 is 0.927 bits per heavy atom. The summed E-state index contributed by atoms with van der Waals surface area (Å²) < 4.78 is 34.1. The Morgan fingerprint density at radius 3 is 2.15 bits per heavy atom. The third kappa shape index (κ3) is 8.33. The summed E-state index contributed by atoms with van der Waals surface area (Å²) in [5, 5.41) is 8.38. The first-order chi connectivity index (χ1) is 19.6. The average molecular weight is 569 g/mol. The zero-order valence-corrected chi connectivity index (χ0v) is 23.4. The molecule has 2 heterocycles. The number of benzene rings is 2. The van der Waals surface area contributed by atoms with Crippen molar-refractivity contribution >= 4 is 40.0 Å². The number of carboxylic acids is 1. The molecule has 0 radical (unpaired) electrons. The van der Waals surface area contributed by atoms with Gasteiger partial charge in [0.1, 0.15) is 5.82 Å². The highest BCUT2D eigenvalue weighted by Crippen LogP contribution is 2.27. The lowest BCUT2D eigenvalue weighted by Gasteiger charge is -2.24. The van der Waals surface area contributed by atoms with E-state index in [1.165, 1.54) is 16.5 Å². The predicted molar refractivity (Wildman–Crippen MR) is 156 cm³/mol. The maximum Gasteiger partial charge on any atom is 0.490 e. The normalized spacial score (nSPS) is 11.1. The van der Waals surface area contributed by atoms with E-state index < -0.39 is 12.1 Å². The Bertz CT molecular complexity index is 1420. The summed E-state index contributed by atoms with van der Waals surface area (Å²) in [4.78, 5) is 30.6. The number of carboxylic acid groups (broad SMARTS) is 1. The number of aryl methyl sites for hydroxylation is 2. The first kappa shape index (κ1) is 31.2. The SMILES string of the molecule is CCCN(C(=O)CCc1cn(CCC)c2ccccc12)c1ccc(N(C)c2ccccn2)cc1.O=C(O)C(F)(F)F. The summed E-state index contributed by atoms with van der Waals surface area (Å²) in [7, 11) is 2.00. The lowest BCUT2D eigenvalue weighted by atomic mass is 10.1. The fourth-order valence-electron chi connectivity index (χ4n) is 4.49. The zero-order chi connectivity index (χ0) is 30.0. The molecule has 0 aliphatic heterocycles. The third-order valence-corrected chi connectivity index (χ3v) is 6.48. The van der Waals surface area contributed by atoms with Crippen LogP contribution in [0.2, 0.25) is 0 Å². The molecule has 0 saturated carbocycles. The lowest BCUT2D eigenvalue weighted by molar-refractivity contribution is -0.192. The van der Waals surface area contributed by atoms with Crippen LogP contribution in [0.5, 0.6) is 0 Å². The largest absolute Gasteiger partial charge is 0.490 e. The Kier molecular flexibility index (Phi) is 10.9. The van der Waals surface area contributed by atoms with Crippen LogP contribution < -0.4 is 9.80 Å². The van der Waals surface area contributed by atoms with Gasteiger partial charge in [-0.1, -0.05) is 38.1 Å². The van der Waals surface area contributed by atoms with E-state index in [4.69, 9.17) is 9.90 Å². The minimum atomic E-state index is -5.08. The number of nitrogens with zero attached hydrogens (tertiary/aromatic N) is 4. The van der Waals surface area contributed by atoms with Gasteiger partial charge in [0.25, 0.3) is 0 Å². The third-order valence-electron chi connectivity index (χ3n) is 6.48. The van der Waals surface area contributed by atoms with Crippen molar-refractivity contribution in [1.82, 2.24) is 9.55 Å². The maximum absolute atomic E-state index is 13.3. The van der Waals surface area contributed by atoms with Gasteiger partial charge in [-0.3, -0.25) is 4.79 Å². The van der Waals surface area contributed by atoms with Gasteiger partial charge in [0, 0.05) is 61.2 Å². The molecule has 218 valence electrons. The molecule has 2 aromatic carbocycles. The lowest BCUT2D eigenvalue weighted by Crippen LogP contribution is -2.31. The Balaban J connectivity index is 0.000000587. The highest BCUT2D eigenvalue weighted by molar-refractivity contribution is 5.94. The second-order valence-corrected chi connectivity index (χ2v) is 9.48. The molecule has 0 unspecified atom stereocenters. The van der Waals surface area contributed by atoms with E-state index in [-0.39, 0.29) is 5.91 Å². The van der Waals surface area contributed by atoms with E-state index in [9.17, 15) is 18.0 Å². The van der Waals surface area contributed by atoms with Crippen molar-refractivity contribution in [2.24, 2.45) is 0 Å². The standard InChI is InChI=1S/C29H34N4O.C2HF3O2/c1-4-20-32-22-23(26-10-6-7-11-27(26)32)13-18-29(34)33(21-5-2)25-16-14-24(15-17-25)31(3)28-12-8-9-19-30-28;3-2(4,5)1(6)7/h6-12,14-17,19,22H,4-5,13,18,20-21H2,1-3H3;(H,6,7). The van der Waals surface area contributed by atoms with E-state index >= 15 is 0 Å². The van der Waals surface area contributed by atoms with Crippen LogP contribution in [0.1, 0.15) is 38.7 Å². The maximum atomic E-state index is 13.3. The van der Waals surface area contributed by atoms with Crippen molar-refractivity contribution in [2.75, 3.05) is 23.4 Å². The molecule has 4 aromatic rings. The number of pyridine rings is 1. The fourth-order valence-corrected chi connectivity index (χ4v) is 4.49. The van der Waals surface area contributed by atoms with E-state index in [1.807, 2.05) is 47.2 Å². The summed E-state index contributed by atoms with van der Waals surface area (Å²) >= 11 is 0. The molecule has 0 bridgehead atoms. The van der Waals surface area contributed by atoms with Gasteiger partial charge < -0.3 is 19.5 Å². The highest BCUT2D eigenvalue weighted by Gasteiger charge is 2.38. The molecule has 1 amide bonds. The van der Waals surface area contributed by atoms with E-state index in [0.29, 0.717) is 13.0 Å². The first-order valence-electron chi connectivity index (χ1n) is 13.5. The van der Waals surface area contributed by atoms with Gasteiger partial charge in [-0.05, 0) is 67.3 Å². The molecule has 0 atom stereocenters. The Morgan fingerprint density at radius 2 is 1.56 bits per heavy atom. The number of rotatable bonds is 10. The van der Waals surface area contributed by atoms with Crippen LogP contribution in [0.4, 0.5) is 30.4 Å². The van der Waals surface area contributed by atoms with Gasteiger partial charge >= 0.3 is 12.1 Å². The van der Waals surface area contributed by atoms with Crippen molar-refractivity contribution in [3.63, 3.8) is 0 Å². The topological polar surface area (TPSA) is 78.7 Å². The zero-order valence-electron chi connectivity index (χ0n) is 23.4. The quantitative estimate of drug-likeness (QED) is 0.219. The van der Waals surface area contributed by atoms with Crippen LogP contribution in [-0.4, -0.2) is 46.3 Å². The van der Waals surface area contributed by atoms with Crippen LogP contribution in [0.15, 0.2) is 79.1 Å². The van der Waals surface area contributed by atoms with Gasteiger partial charge in [-0.25, -0.2) is 9.78 Å². The summed E-state index contributed by atoms with van der Waals surface area (Å²) in [5.74, 6) is -1.70. The van der Waals surface area contributed by atoms with Crippen LogP contribution >= 0.6 is 0 Å². The number of hydrogen-bond donors (Lipinski definition) is 1. The van der Waals surface area contributed by atoms with E-state index in [1.54, 1.807) is 6.20 Å². The molecular formula is C31H35F3N4O3. The predicted octanol–water partition coefficient (Wildman–Crippen LogP) is 7.22. The second-order valence-electron chi connectivity index (χ2n) is 9.48. The molecule has 1 N–H and O–H groups in total. The van der Waals surface area contributed by atoms with Crippen molar-refractivity contribution in [3.8, 4) is 0 Å². The van der Waals surface area contributed by atoms with Crippen LogP contribution in [-0.2, 0) is 22.6 Å². The average Bonchev–Trinajstić information content (AvgIpc) is 3.32. The number of carbonyl (C=O) groups excluding carboxylic acids is 1. The number of alkyl halides is 3. The van der Waals surface area contributed by atoms with Gasteiger partial charge in [-0.15, -0.1) is 0 Å². The van der Waals surface area contributed by atoms with Crippen molar-refractivity contribution in [1.29, 1.82) is 0 Å². The monoisotopic (exact) mass is 568 g/mol. The number of fused-ring (bicyclic) bond motifs is 1. The summed E-state index contributed by atoms with van der Waals surface area (Å²) in [6, 6.07) is 22.6. The summed E-state index contributed by atoms with van der Waals surface area (Å²) in [6.45, 7) is 6.02. The highest BCUT2D eigenvalue weighted by atomic mass is 19.4. The first-order valence-corrected chi connectivity index (χ1v) is 13.5. The van der Waals surface area contributed by atoms with Gasteiger partial charge in [0.2, 0.25) is 5.91 Å². The molecule has 2 aromatic heterocycles. The van der Waals surface area contributed by atoms with Crippen molar-refractivity contribution in [2.45, 2.75) is 52.3 Å². The number of hydrogen-bond acceptors (Lipinski definition) is 4. The molecule has 7 nitrogen and oxygen atoms in total. The number of carbonyl (C=O) groups is 2. The molecule has 0 saturated heterocycles. The van der Waals surface area contributed by atoms with Gasteiger partial charge in [0.05, 0.1) is 0 Å². The molecular weight excluding hydrogens is 533 g/mol. The number of para-hydroxylation sites is 1. The van der Waals surface area contributed by atoms with E-state index in [0.717, 1.165) is 43.0 Å². The fraction of sp³-hybridized carbons (Fsp3) is 0.323. The van der Waals surface area contributed by atoms with Gasteiger partial charge in [0.15, 0.2) is 0 Å². The van der Waals surface area contributed by atoms with Crippen molar-refractivity contribution < 1.29 is 27.9 Å². The Labute approximate surface area is 237 Å². The number of amides is 1. The number of anilines is 3. The number of halogens is 3. The molecule has 0 aliphatic rings. The summed E-state index contributed by atoms with van der Waals surface area (Å²) in [6.07, 6.45) is 2.19. The number of aliphatic carboxylic acids is 1. The molecule has 41 heavy (non-hydrogen) atoms. The minimum absolute atomic E-state index is 0.167. The smallest absolute Gasteiger partial charge is 0.475 e. The molecule has 10 heteroatoms. The summed E-state index contributed by atoms with van der Waals surface area (Å²) in [5.41, 5.74) is 4.49. The van der Waals surface area contributed by atoms with Crippen LogP contribution in [0.25, 0.3) is 10.9 Å². The minimum Gasteiger partial charge on any atom is -0.475 e. The molecule has 4 rings (SSSR count). The Hall–Kier alpha value is -4.34. The van der Waals surface area contributed by atoms with Crippen LogP contribution in [0, 0.1) is 0 Å².